The maximum Gasteiger partial charge on any atom is 0.418 e. The third-order valence-electron chi connectivity index (χ3n) is 12.5. The second-order valence-corrected chi connectivity index (χ2v) is 24.4. The van der Waals surface area contributed by atoms with Crippen LogP contribution >= 0.6 is 0 Å². The molecule has 0 amide bonds. The van der Waals surface area contributed by atoms with Crippen LogP contribution in [0.5, 0.6) is 0 Å². The fraction of sp³-hybridized carbons (Fsp3) is 0.357. The van der Waals surface area contributed by atoms with Gasteiger partial charge in [-0.05, 0) is 58.9 Å². The molecule has 0 atom stereocenters. The molecule has 0 aliphatic rings. The molecule has 377 valence electrons. The predicted octanol–water partition coefficient (Wildman–Crippen LogP) is 17.5. The average molecular weight is 1170 g/mol. The van der Waals surface area contributed by atoms with Crippen LogP contribution in [-0.4, -0.2) is 23.9 Å². The van der Waals surface area contributed by atoms with E-state index in [2.05, 4.69) is 11.1 Å². The van der Waals surface area contributed by atoms with Crippen molar-refractivity contribution < 1.29 is 69.5 Å². The summed E-state index contributed by atoms with van der Waals surface area (Å²) in [4.78, 5) is 15.9. The molecule has 6 aromatic rings. The van der Waals surface area contributed by atoms with E-state index in [4.69, 9.17) is 0 Å². The van der Waals surface area contributed by atoms with E-state index in [9.17, 15) is 49.4 Å². The van der Waals surface area contributed by atoms with Crippen molar-refractivity contribution >= 4 is 29.8 Å². The van der Waals surface area contributed by atoms with E-state index in [1.165, 1.54) is 48.5 Å². The Labute approximate surface area is 420 Å². The van der Waals surface area contributed by atoms with Gasteiger partial charge in [0, 0.05) is 55.5 Å². The van der Waals surface area contributed by atoms with Crippen molar-refractivity contribution in [1.82, 2.24) is 4.98 Å². The molecule has 0 spiro atoms. The van der Waals surface area contributed by atoms with E-state index in [1.807, 2.05) is 78.8 Å². The largest absolute Gasteiger partial charge is 0.512 e. The van der Waals surface area contributed by atoms with Gasteiger partial charge >= 0.3 is 18.5 Å². The number of halogens is 9. The first-order valence-corrected chi connectivity index (χ1v) is 26.5. The number of nitrogens with zero attached hydrogens (tertiary/aromatic N) is 1. The molecular formula is C56H59F9IrNO2Si-. The Balaban J connectivity index is 0.000000576. The molecule has 1 heterocycles. The smallest absolute Gasteiger partial charge is 0.418 e. The number of ketones is 1. The minimum atomic E-state index is -5.05. The maximum atomic E-state index is 14.3. The van der Waals surface area contributed by atoms with Crippen LogP contribution in [-0.2, 0) is 48.8 Å². The zero-order chi connectivity index (χ0) is 51.4. The van der Waals surface area contributed by atoms with Gasteiger partial charge < -0.3 is 5.11 Å². The number of alkyl halides is 9. The van der Waals surface area contributed by atoms with Crippen LogP contribution in [0, 0.1) is 17.9 Å². The molecule has 0 bridgehead atoms. The van der Waals surface area contributed by atoms with Gasteiger partial charge in [0.25, 0.3) is 0 Å². The number of carbonyl (C=O) groups excluding carboxylic acids is 1. The van der Waals surface area contributed by atoms with Crippen molar-refractivity contribution in [3.05, 3.63) is 143 Å². The quantitative estimate of drug-likeness (QED) is 0.0437. The Kier molecular flexibility index (Phi) is 18.6. The summed E-state index contributed by atoms with van der Waals surface area (Å²) in [5.41, 5.74) is -2.31. The summed E-state index contributed by atoms with van der Waals surface area (Å²) in [5.74, 6) is 0.547. The van der Waals surface area contributed by atoms with Crippen molar-refractivity contribution in [2.24, 2.45) is 11.8 Å². The molecule has 1 N–H and O–H groups in total. The van der Waals surface area contributed by atoms with E-state index in [0.29, 0.717) is 22.4 Å². The van der Waals surface area contributed by atoms with Gasteiger partial charge in [0.15, 0.2) is 5.78 Å². The Morgan fingerprint density at radius 3 is 1.53 bits per heavy atom. The van der Waals surface area contributed by atoms with Gasteiger partial charge in [-0.1, -0.05) is 169 Å². The van der Waals surface area contributed by atoms with Crippen LogP contribution in [0.2, 0.25) is 19.6 Å². The van der Waals surface area contributed by atoms with Gasteiger partial charge in [-0.3, -0.25) is 9.78 Å². The second kappa shape index (κ2) is 22.6. The summed E-state index contributed by atoms with van der Waals surface area (Å²) in [6.07, 6.45) is -9.12. The number of hydrogen-bond acceptors (Lipinski definition) is 3. The molecule has 70 heavy (non-hydrogen) atoms. The molecule has 0 aliphatic heterocycles. The minimum absolute atomic E-state index is 0. The van der Waals surface area contributed by atoms with Crippen LogP contribution in [0.15, 0.2) is 115 Å². The summed E-state index contributed by atoms with van der Waals surface area (Å²) >= 11 is 0. The molecule has 0 saturated carbocycles. The third kappa shape index (κ3) is 13.7. The molecule has 1 aromatic heterocycles. The number of aliphatic hydroxyl groups excluding tert-OH is 1. The molecular weight excluding hydrogens is 1110 g/mol. The van der Waals surface area contributed by atoms with E-state index in [1.54, 1.807) is 31.8 Å². The summed E-state index contributed by atoms with van der Waals surface area (Å²) in [5, 5.41) is 11.6. The SMILES string of the molecule is CC(C)(C)c1cc(-c2cc(-c3ccc(-c4ccc(-c5c(C(F)(F)F)cc([Si](C)(C)C)cc5C(F)(F)F)cc4)cc3)c(C(F)(F)F)cn2)[c-]c2ccccc12.CCC(CC)C(=O)/C=C(\O)C(CC)CC.[Ir]. The molecule has 0 unspecified atom stereocenters. The number of pyridine rings is 1. The summed E-state index contributed by atoms with van der Waals surface area (Å²) in [6.45, 7) is 19.2. The molecule has 1 radical (unpaired) electrons. The first-order chi connectivity index (χ1) is 32.0. The number of fused-ring (bicyclic) bond motifs is 1. The van der Waals surface area contributed by atoms with Gasteiger partial charge in [0.1, 0.15) is 0 Å². The van der Waals surface area contributed by atoms with E-state index >= 15 is 0 Å². The number of allylic oxidation sites excluding steroid dienone is 2. The van der Waals surface area contributed by atoms with Gasteiger partial charge in [0.2, 0.25) is 0 Å². The number of aromatic nitrogens is 1. The van der Waals surface area contributed by atoms with Crippen molar-refractivity contribution in [2.75, 3.05) is 0 Å². The average Bonchev–Trinajstić information content (AvgIpc) is 3.27. The van der Waals surface area contributed by atoms with Gasteiger partial charge in [-0.2, -0.15) is 39.5 Å². The Bertz CT molecular complexity index is 2740. The first-order valence-electron chi connectivity index (χ1n) is 23.0. The maximum absolute atomic E-state index is 14.3. The number of aliphatic hydroxyl groups is 1. The fourth-order valence-electron chi connectivity index (χ4n) is 8.34. The Hall–Kier alpha value is -5.04. The molecule has 14 heteroatoms. The third-order valence-corrected chi connectivity index (χ3v) is 14.5. The fourth-order valence-corrected chi connectivity index (χ4v) is 9.50. The molecule has 3 nitrogen and oxygen atoms in total. The number of hydrogen-bond donors (Lipinski definition) is 1. The standard InChI is InChI=1S/C43H35F9NSi.C13H24O2.Ir/c1-40(2,3)34-20-30(19-29-9-7-8-10-32(29)34)38-23-33(37(24-53-38)43(50,51)52)27-15-11-25(12-16-27)26-13-17-28(18-14-26)39-35(41(44,45)46)21-31(54(4,5)6)22-36(39)42(47,48)49;1-5-10(6-2)12(14)9-13(15)11(7-3)8-4;/h7-18,20-24H,1-6H3;9-11,14H,5-8H2,1-4H3;/q-1;;/b;12-9-;. The molecule has 5 aromatic carbocycles. The van der Waals surface area contributed by atoms with Crippen LogP contribution < -0.4 is 5.19 Å². The van der Waals surface area contributed by atoms with Crippen molar-refractivity contribution in [3.63, 3.8) is 0 Å². The minimum Gasteiger partial charge on any atom is -0.512 e. The Morgan fingerprint density at radius 1 is 0.629 bits per heavy atom. The van der Waals surface area contributed by atoms with Crippen LogP contribution in [0.25, 0.3) is 55.4 Å². The number of rotatable bonds is 12. The van der Waals surface area contributed by atoms with Gasteiger partial charge in [-0.25, -0.2) is 0 Å². The van der Waals surface area contributed by atoms with Gasteiger partial charge in [0.05, 0.1) is 30.5 Å². The first kappa shape index (κ1) is 57.5. The Morgan fingerprint density at radius 2 is 1.09 bits per heavy atom. The van der Waals surface area contributed by atoms with E-state index < -0.39 is 48.9 Å². The second-order valence-electron chi connectivity index (χ2n) is 19.4. The predicted molar refractivity (Wildman–Crippen MR) is 263 cm³/mol. The topological polar surface area (TPSA) is 50.2 Å². The van der Waals surface area contributed by atoms with Crippen molar-refractivity contribution in [3.8, 4) is 44.6 Å². The summed E-state index contributed by atoms with van der Waals surface area (Å²) in [7, 11) is -2.58. The van der Waals surface area contributed by atoms with Gasteiger partial charge in [-0.15, -0.1) is 29.1 Å². The van der Waals surface area contributed by atoms with E-state index in [-0.39, 0.29) is 70.8 Å². The molecule has 0 aliphatic carbocycles. The number of carbonyl (C=O) groups is 1. The molecule has 0 saturated heterocycles. The van der Waals surface area contributed by atoms with Crippen LogP contribution in [0.1, 0.15) is 96.4 Å². The van der Waals surface area contributed by atoms with Crippen molar-refractivity contribution in [2.45, 2.75) is 118 Å². The number of benzene rings is 5. The van der Waals surface area contributed by atoms with E-state index in [0.717, 1.165) is 60.3 Å². The summed E-state index contributed by atoms with van der Waals surface area (Å²) in [6, 6.07) is 27.1. The normalized spacial score (nSPS) is 12.8. The summed E-state index contributed by atoms with van der Waals surface area (Å²) < 4.78 is 129. The zero-order valence-electron chi connectivity index (χ0n) is 40.9. The molecule has 6 rings (SSSR count). The van der Waals surface area contributed by atoms with Crippen molar-refractivity contribution in [1.29, 1.82) is 0 Å². The van der Waals surface area contributed by atoms with Crippen LogP contribution in [0.3, 0.4) is 0 Å². The molecule has 0 fully saturated rings. The monoisotopic (exact) mass is 1170 g/mol. The zero-order valence-corrected chi connectivity index (χ0v) is 44.3. The van der Waals surface area contributed by atoms with Crippen LogP contribution in [0.4, 0.5) is 39.5 Å².